The number of anilines is 1. The SMILES string of the molecule is Cc1ccc(S(=O)(=O)N2CCC[C@H]2C(=O)OCC(=O)N(CCC(N)=O)c2ccc(F)cc2)cc1. The zero-order valence-electron chi connectivity index (χ0n) is 18.6. The van der Waals surface area contributed by atoms with Gasteiger partial charge in [0.05, 0.1) is 4.90 Å². The third-order valence-electron chi connectivity index (χ3n) is 5.46. The van der Waals surface area contributed by atoms with E-state index in [1.165, 1.54) is 24.3 Å². The van der Waals surface area contributed by atoms with Gasteiger partial charge in [0.15, 0.2) is 6.61 Å². The van der Waals surface area contributed by atoms with Crippen LogP contribution in [0, 0.1) is 12.7 Å². The lowest BCUT2D eigenvalue weighted by molar-refractivity contribution is -0.151. The Balaban J connectivity index is 1.69. The molecule has 1 aliphatic heterocycles. The average molecular weight is 492 g/mol. The van der Waals surface area contributed by atoms with Crippen molar-refractivity contribution in [3.63, 3.8) is 0 Å². The molecule has 0 bridgehead atoms. The van der Waals surface area contributed by atoms with Gasteiger partial charge in [-0.25, -0.2) is 12.8 Å². The minimum Gasteiger partial charge on any atom is -0.454 e. The molecule has 0 radical (unpaired) electrons. The molecule has 1 heterocycles. The van der Waals surface area contributed by atoms with Gasteiger partial charge >= 0.3 is 5.97 Å². The van der Waals surface area contributed by atoms with Crippen LogP contribution in [0.4, 0.5) is 10.1 Å². The van der Waals surface area contributed by atoms with Crippen LogP contribution in [-0.2, 0) is 29.1 Å². The second-order valence-corrected chi connectivity index (χ2v) is 9.82. The van der Waals surface area contributed by atoms with E-state index in [0.29, 0.717) is 12.1 Å². The van der Waals surface area contributed by atoms with Crippen LogP contribution in [0.15, 0.2) is 53.4 Å². The molecule has 0 spiro atoms. The molecular weight excluding hydrogens is 465 g/mol. The maximum atomic E-state index is 13.3. The Morgan fingerprint density at radius 3 is 2.38 bits per heavy atom. The molecule has 182 valence electrons. The van der Waals surface area contributed by atoms with Gasteiger partial charge in [-0.2, -0.15) is 4.31 Å². The molecule has 11 heteroatoms. The largest absolute Gasteiger partial charge is 0.454 e. The highest BCUT2D eigenvalue weighted by Gasteiger charge is 2.40. The zero-order chi connectivity index (χ0) is 24.9. The molecule has 2 N–H and O–H groups in total. The van der Waals surface area contributed by atoms with Crippen molar-refractivity contribution in [2.24, 2.45) is 5.73 Å². The first-order chi connectivity index (χ1) is 16.1. The summed E-state index contributed by atoms with van der Waals surface area (Å²) in [7, 11) is -3.92. The Morgan fingerprint density at radius 1 is 1.12 bits per heavy atom. The number of primary amides is 1. The standard InChI is InChI=1S/C23H26FN3O6S/c1-16-4-10-19(11-5-16)34(31,32)27-13-2-3-20(27)23(30)33-15-22(29)26(14-12-21(25)28)18-8-6-17(24)7-9-18/h4-11,20H,2-3,12-15H2,1H3,(H2,25,28)/t20-/m0/s1. The number of benzene rings is 2. The van der Waals surface area contributed by atoms with Crippen LogP contribution in [0.2, 0.25) is 0 Å². The minimum absolute atomic E-state index is 0.0720. The Bertz CT molecular complexity index is 1150. The topological polar surface area (TPSA) is 127 Å². The van der Waals surface area contributed by atoms with E-state index in [2.05, 4.69) is 0 Å². The van der Waals surface area contributed by atoms with Crippen LogP contribution < -0.4 is 10.6 Å². The molecule has 0 aliphatic carbocycles. The first-order valence-corrected chi connectivity index (χ1v) is 12.1. The van der Waals surface area contributed by atoms with Gasteiger partial charge in [-0.15, -0.1) is 0 Å². The van der Waals surface area contributed by atoms with Crippen LogP contribution in [0.5, 0.6) is 0 Å². The lowest BCUT2D eigenvalue weighted by Crippen LogP contribution is -2.43. The average Bonchev–Trinajstić information content (AvgIpc) is 3.30. The van der Waals surface area contributed by atoms with E-state index in [0.717, 1.165) is 26.9 Å². The van der Waals surface area contributed by atoms with Gasteiger partial charge < -0.3 is 15.4 Å². The summed E-state index contributed by atoms with van der Waals surface area (Å²) < 4.78 is 45.6. The predicted octanol–water partition coefficient (Wildman–Crippen LogP) is 1.74. The van der Waals surface area contributed by atoms with E-state index >= 15 is 0 Å². The van der Waals surface area contributed by atoms with Gasteiger partial charge in [-0.3, -0.25) is 14.4 Å². The number of nitrogens with two attached hydrogens (primary N) is 1. The van der Waals surface area contributed by atoms with Gasteiger partial charge in [-0.05, 0) is 56.2 Å². The maximum Gasteiger partial charge on any atom is 0.324 e. The second-order valence-electron chi connectivity index (χ2n) is 7.93. The van der Waals surface area contributed by atoms with E-state index < -0.39 is 46.3 Å². The number of hydrogen-bond acceptors (Lipinski definition) is 6. The summed E-state index contributed by atoms with van der Waals surface area (Å²) in [6.45, 7) is 1.23. The Kier molecular flexibility index (Phi) is 8.00. The monoisotopic (exact) mass is 491 g/mol. The highest BCUT2D eigenvalue weighted by atomic mass is 32.2. The smallest absolute Gasteiger partial charge is 0.324 e. The molecule has 1 fully saturated rings. The number of amides is 2. The molecule has 1 aliphatic rings. The molecule has 0 aromatic heterocycles. The van der Waals surface area contributed by atoms with Gasteiger partial charge in [0, 0.05) is 25.2 Å². The zero-order valence-corrected chi connectivity index (χ0v) is 19.5. The van der Waals surface area contributed by atoms with Crippen molar-refractivity contribution in [3.8, 4) is 0 Å². The molecule has 0 unspecified atom stereocenters. The number of hydrogen-bond donors (Lipinski definition) is 1. The van der Waals surface area contributed by atoms with E-state index in [1.807, 2.05) is 6.92 Å². The number of carbonyl (C=O) groups is 3. The van der Waals surface area contributed by atoms with Crippen molar-refractivity contribution in [1.82, 2.24) is 4.31 Å². The molecule has 3 rings (SSSR count). The normalized spacial score (nSPS) is 16.2. The summed E-state index contributed by atoms with van der Waals surface area (Å²) >= 11 is 0. The number of esters is 1. The molecule has 2 aromatic carbocycles. The fraction of sp³-hybridized carbons (Fsp3) is 0.348. The summed E-state index contributed by atoms with van der Waals surface area (Å²) in [5, 5.41) is 0. The maximum absolute atomic E-state index is 13.3. The molecule has 34 heavy (non-hydrogen) atoms. The molecule has 1 atom stereocenters. The number of carbonyl (C=O) groups excluding carboxylic acids is 3. The molecule has 1 saturated heterocycles. The fourth-order valence-corrected chi connectivity index (χ4v) is 5.30. The number of sulfonamides is 1. The third-order valence-corrected chi connectivity index (χ3v) is 7.38. The molecule has 2 amide bonds. The summed E-state index contributed by atoms with van der Waals surface area (Å²) in [6, 6.07) is 10.3. The van der Waals surface area contributed by atoms with Crippen molar-refractivity contribution in [3.05, 3.63) is 59.9 Å². The molecular formula is C23H26FN3O6S. The van der Waals surface area contributed by atoms with Gasteiger partial charge in [0.2, 0.25) is 15.9 Å². The number of rotatable bonds is 9. The quantitative estimate of drug-likeness (QED) is 0.533. The lowest BCUT2D eigenvalue weighted by Gasteiger charge is -2.24. The molecule has 0 saturated carbocycles. The van der Waals surface area contributed by atoms with E-state index in [4.69, 9.17) is 10.5 Å². The first kappa shape index (κ1) is 25.3. The van der Waals surface area contributed by atoms with Crippen LogP contribution in [0.3, 0.4) is 0 Å². The summed E-state index contributed by atoms with van der Waals surface area (Å²) in [5.41, 5.74) is 6.37. The minimum atomic E-state index is -3.92. The second kappa shape index (κ2) is 10.7. The van der Waals surface area contributed by atoms with E-state index in [-0.39, 0.29) is 30.8 Å². The molecule has 9 nitrogen and oxygen atoms in total. The van der Waals surface area contributed by atoms with Crippen molar-refractivity contribution >= 4 is 33.5 Å². The number of aryl methyl sites for hydroxylation is 1. The Labute approximate surface area is 197 Å². The fourth-order valence-electron chi connectivity index (χ4n) is 3.66. The summed E-state index contributed by atoms with van der Waals surface area (Å²) in [6.07, 6.45) is 0.586. The Morgan fingerprint density at radius 2 is 1.76 bits per heavy atom. The van der Waals surface area contributed by atoms with Gasteiger partial charge in [0.25, 0.3) is 5.91 Å². The first-order valence-electron chi connectivity index (χ1n) is 10.7. The van der Waals surface area contributed by atoms with Crippen molar-refractivity contribution in [2.45, 2.75) is 37.1 Å². The van der Waals surface area contributed by atoms with Crippen LogP contribution in [-0.4, -0.2) is 56.2 Å². The van der Waals surface area contributed by atoms with Crippen molar-refractivity contribution < 1.29 is 31.9 Å². The summed E-state index contributed by atoms with van der Waals surface area (Å²) in [4.78, 5) is 37.9. The van der Waals surface area contributed by atoms with Crippen LogP contribution in [0.25, 0.3) is 0 Å². The van der Waals surface area contributed by atoms with Gasteiger partial charge in [-0.1, -0.05) is 17.7 Å². The third kappa shape index (κ3) is 5.97. The van der Waals surface area contributed by atoms with Crippen molar-refractivity contribution in [2.75, 3.05) is 24.6 Å². The Hall–Kier alpha value is -3.31. The van der Waals surface area contributed by atoms with E-state index in [1.54, 1.807) is 12.1 Å². The van der Waals surface area contributed by atoms with Gasteiger partial charge in [0.1, 0.15) is 11.9 Å². The van der Waals surface area contributed by atoms with Crippen LogP contribution >= 0.6 is 0 Å². The highest BCUT2D eigenvalue weighted by Crippen LogP contribution is 2.27. The van der Waals surface area contributed by atoms with Crippen LogP contribution in [0.1, 0.15) is 24.8 Å². The lowest BCUT2D eigenvalue weighted by atomic mass is 10.2. The number of halogens is 1. The van der Waals surface area contributed by atoms with E-state index in [9.17, 15) is 27.2 Å². The number of nitrogens with zero attached hydrogens (tertiary/aromatic N) is 2. The highest BCUT2D eigenvalue weighted by molar-refractivity contribution is 7.89. The summed E-state index contributed by atoms with van der Waals surface area (Å²) in [5.74, 6) is -2.64. The molecule has 2 aromatic rings. The predicted molar refractivity (Wildman–Crippen MR) is 122 cm³/mol. The number of ether oxygens (including phenoxy) is 1. The van der Waals surface area contributed by atoms with Crippen molar-refractivity contribution in [1.29, 1.82) is 0 Å².